The van der Waals surface area contributed by atoms with E-state index in [1.807, 2.05) is 19.9 Å². The Morgan fingerprint density at radius 1 is 1.03 bits per heavy atom. The monoisotopic (exact) mass is 509 g/mol. The van der Waals surface area contributed by atoms with Crippen LogP contribution in [-0.2, 0) is 25.5 Å². The van der Waals surface area contributed by atoms with Gasteiger partial charge in [-0.25, -0.2) is 19.5 Å². The zero-order valence-electron chi connectivity index (χ0n) is 21.6. The first kappa shape index (κ1) is 27.6. The molecule has 1 unspecified atom stereocenters. The third-order valence-corrected chi connectivity index (χ3v) is 5.79. The summed E-state index contributed by atoms with van der Waals surface area (Å²) in [5, 5.41) is 0. The van der Waals surface area contributed by atoms with Gasteiger partial charge in [0.15, 0.2) is 6.10 Å². The number of nitrogens with zero attached hydrogens (tertiary/aromatic N) is 3. The molecule has 37 heavy (non-hydrogen) atoms. The van der Waals surface area contributed by atoms with Gasteiger partial charge in [0.25, 0.3) is 0 Å². The number of hydrogen-bond acceptors (Lipinski definition) is 7. The number of benzene rings is 1. The Kier molecular flexibility index (Phi) is 10.4. The highest BCUT2D eigenvalue weighted by Gasteiger charge is 2.34. The number of fused-ring (bicyclic) bond motifs is 2. The van der Waals surface area contributed by atoms with E-state index in [1.165, 1.54) is 22.3 Å². The molecule has 2 heterocycles. The van der Waals surface area contributed by atoms with Crippen molar-refractivity contribution in [3.05, 3.63) is 73.3 Å². The van der Waals surface area contributed by atoms with Crippen molar-refractivity contribution in [2.45, 2.75) is 52.2 Å². The predicted molar refractivity (Wildman–Crippen MR) is 142 cm³/mol. The Morgan fingerprint density at radius 2 is 1.76 bits per heavy atom. The molecule has 1 aromatic heterocycles. The van der Waals surface area contributed by atoms with Crippen molar-refractivity contribution < 1.29 is 28.5 Å². The van der Waals surface area contributed by atoms with E-state index in [0.717, 1.165) is 25.7 Å². The molecule has 0 aliphatic carbocycles. The minimum atomic E-state index is -0.572. The first-order chi connectivity index (χ1) is 18.0. The molecule has 9 heteroatoms. The Balaban J connectivity index is 2.13. The second-order valence-corrected chi connectivity index (χ2v) is 8.38. The molecule has 2 amide bonds. The largest absolute Gasteiger partial charge is 0.498 e. The van der Waals surface area contributed by atoms with Crippen molar-refractivity contribution in [2.24, 2.45) is 0 Å². The van der Waals surface area contributed by atoms with Crippen LogP contribution in [0.3, 0.4) is 0 Å². The summed E-state index contributed by atoms with van der Waals surface area (Å²) >= 11 is 0. The quantitative estimate of drug-likeness (QED) is 0.230. The maximum absolute atomic E-state index is 13.4. The van der Waals surface area contributed by atoms with E-state index in [1.54, 1.807) is 30.5 Å². The smallest absolute Gasteiger partial charge is 0.420 e. The second-order valence-electron chi connectivity index (χ2n) is 8.38. The Hall–Kier alpha value is -4.01. The number of rotatable bonds is 12. The van der Waals surface area contributed by atoms with Crippen molar-refractivity contribution in [2.75, 3.05) is 29.6 Å². The molecule has 1 atom stereocenters. The van der Waals surface area contributed by atoms with Crippen molar-refractivity contribution in [3.8, 4) is 0 Å². The molecule has 0 N–H and O–H groups in total. The van der Waals surface area contributed by atoms with Crippen LogP contribution in [0.4, 0.5) is 26.8 Å². The van der Waals surface area contributed by atoms with Gasteiger partial charge in [-0.3, -0.25) is 4.90 Å². The van der Waals surface area contributed by atoms with E-state index in [0.29, 0.717) is 34.9 Å². The van der Waals surface area contributed by atoms with Crippen LogP contribution in [0.2, 0.25) is 0 Å². The molecule has 1 aliphatic heterocycles. The molecular weight excluding hydrogens is 474 g/mol. The molecule has 0 fully saturated rings. The van der Waals surface area contributed by atoms with Crippen LogP contribution in [0, 0.1) is 0 Å². The van der Waals surface area contributed by atoms with Crippen LogP contribution in [0.5, 0.6) is 0 Å². The van der Waals surface area contributed by atoms with Crippen molar-refractivity contribution in [1.82, 2.24) is 4.98 Å². The number of carbonyl (C=O) groups is 2. The number of carbonyl (C=O) groups excluding carboxylic acids is 2. The summed E-state index contributed by atoms with van der Waals surface area (Å²) in [5.41, 5.74) is 2.29. The van der Waals surface area contributed by atoms with Gasteiger partial charge in [-0.15, -0.1) is 0 Å². The fraction of sp³-hybridized carbons (Fsp3) is 0.393. The third kappa shape index (κ3) is 6.81. The number of pyridine rings is 1. The van der Waals surface area contributed by atoms with Gasteiger partial charge in [0.05, 0.1) is 43.7 Å². The average Bonchev–Trinajstić information content (AvgIpc) is 3.05. The SMILES string of the molecule is C=COCC(OC=C)c1ccc2c(c1)N(C(=O)OCCCC)Cc1cccnc1N2C(=O)OCCCC. The average molecular weight is 510 g/mol. The van der Waals surface area contributed by atoms with Crippen LogP contribution < -0.4 is 9.80 Å². The van der Waals surface area contributed by atoms with Crippen molar-refractivity contribution >= 4 is 29.4 Å². The lowest BCUT2D eigenvalue weighted by atomic mass is 10.1. The summed E-state index contributed by atoms with van der Waals surface area (Å²) in [4.78, 5) is 34.1. The van der Waals surface area contributed by atoms with Crippen molar-refractivity contribution in [3.63, 3.8) is 0 Å². The van der Waals surface area contributed by atoms with Gasteiger partial charge in [0, 0.05) is 11.8 Å². The molecular formula is C28H35N3O6. The maximum Gasteiger partial charge on any atom is 0.420 e. The fourth-order valence-electron chi connectivity index (χ4n) is 3.85. The molecule has 3 rings (SSSR count). The summed E-state index contributed by atoms with van der Waals surface area (Å²) in [5.74, 6) is 0.399. The Morgan fingerprint density at radius 3 is 2.43 bits per heavy atom. The van der Waals surface area contributed by atoms with E-state index in [-0.39, 0.29) is 19.8 Å². The highest BCUT2D eigenvalue weighted by atomic mass is 16.6. The number of ether oxygens (including phenoxy) is 4. The molecule has 1 aromatic carbocycles. The first-order valence-corrected chi connectivity index (χ1v) is 12.5. The van der Waals surface area contributed by atoms with Crippen LogP contribution in [-0.4, -0.2) is 37.0 Å². The molecule has 9 nitrogen and oxygen atoms in total. The molecule has 0 bridgehead atoms. The standard InChI is InChI=1S/C28H35N3O6/c1-5-9-16-36-27(32)30-19-22-12-11-15-29-26(22)31(28(33)37-17-10-6-2)23-14-13-21(18-24(23)30)25(35-8-4)20-34-7-3/h7-8,11-15,18,25H,3-6,9-10,16-17,19-20H2,1-2H3. The van der Waals surface area contributed by atoms with E-state index < -0.39 is 18.3 Å². The zero-order valence-corrected chi connectivity index (χ0v) is 21.6. The van der Waals surface area contributed by atoms with E-state index in [9.17, 15) is 9.59 Å². The highest BCUT2D eigenvalue weighted by molar-refractivity contribution is 6.04. The highest BCUT2D eigenvalue weighted by Crippen LogP contribution is 2.42. The summed E-state index contributed by atoms with van der Waals surface area (Å²) < 4.78 is 22.2. The Labute approximate surface area is 218 Å². The van der Waals surface area contributed by atoms with Gasteiger partial charge in [-0.05, 0) is 36.6 Å². The molecule has 1 aliphatic rings. The number of aromatic nitrogens is 1. The Bertz CT molecular complexity index is 1090. The number of amides is 2. The van der Waals surface area contributed by atoms with Gasteiger partial charge in [0.1, 0.15) is 12.4 Å². The minimum Gasteiger partial charge on any atom is -0.498 e. The summed E-state index contributed by atoms with van der Waals surface area (Å²) in [6.07, 6.45) is 5.91. The van der Waals surface area contributed by atoms with Gasteiger partial charge in [0.2, 0.25) is 0 Å². The molecule has 2 aromatic rings. The van der Waals surface area contributed by atoms with Crippen LogP contribution in [0.15, 0.2) is 62.2 Å². The zero-order chi connectivity index (χ0) is 26.6. The van der Waals surface area contributed by atoms with Crippen LogP contribution in [0.1, 0.15) is 56.8 Å². The summed E-state index contributed by atoms with van der Waals surface area (Å²) in [7, 11) is 0. The number of hydrogen-bond donors (Lipinski definition) is 0. The number of anilines is 3. The molecule has 0 saturated carbocycles. The molecule has 0 saturated heterocycles. The van der Waals surface area contributed by atoms with E-state index in [4.69, 9.17) is 18.9 Å². The topological polar surface area (TPSA) is 90.4 Å². The summed E-state index contributed by atoms with van der Waals surface area (Å²) in [6, 6.07) is 8.93. The van der Waals surface area contributed by atoms with Gasteiger partial charge < -0.3 is 18.9 Å². The van der Waals surface area contributed by atoms with Crippen LogP contribution >= 0.6 is 0 Å². The lowest BCUT2D eigenvalue weighted by Crippen LogP contribution is -2.32. The lowest BCUT2D eigenvalue weighted by molar-refractivity contribution is 0.0691. The maximum atomic E-state index is 13.4. The van der Waals surface area contributed by atoms with Gasteiger partial charge in [-0.2, -0.15) is 0 Å². The summed E-state index contributed by atoms with van der Waals surface area (Å²) in [6.45, 7) is 12.2. The van der Waals surface area contributed by atoms with Gasteiger partial charge >= 0.3 is 12.2 Å². The van der Waals surface area contributed by atoms with E-state index in [2.05, 4.69) is 18.1 Å². The third-order valence-electron chi connectivity index (χ3n) is 5.79. The number of unbranched alkanes of at least 4 members (excludes halogenated alkanes) is 2. The first-order valence-electron chi connectivity index (χ1n) is 12.5. The van der Waals surface area contributed by atoms with Crippen molar-refractivity contribution in [1.29, 1.82) is 0 Å². The minimum absolute atomic E-state index is 0.152. The molecule has 0 spiro atoms. The molecule has 198 valence electrons. The normalized spacial score (nSPS) is 12.9. The lowest BCUT2D eigenvalue weighted by Gasteiger charge is -2.26. The van der Waals surface area contributed by atoms with Crippen LogP contribution in [0.25, 0.3) is 0 Å². The van der Waals surface area contributed by atoms with Gasteiger partial charge in [-0.1, -0.05) is 52.0 Å². The second kappa shape index (κ2) is 13.9. The molecule has 0 radical (unpaired) electrons. The van der Waals surface area contributed by atoms with E-state index >= 15 is 0 Å². The predicted octanol–water partition coefficient (Wildman–Crippen LogP) is 6.77. The fourth-order valence-corrected chi connectivity index (χ4v) is 3.85.